The van der Waals surface area contributed by atoms with E-state index in [0.717, 1.165) is 36.7 Å². The van der Waals surface area contributed by atoms with Gasteiger partial charge in [-0.1, -0.05) is 32.6 Å². The molecule has 3 nitrogen and oxygen atoms in total. The van der Waals surface area contributed by atoms with E-state index in [-0.39, 0.29) is 6.10 Å². The van der Waals surface area contributed by atoms with Crippen molar-refractivity contribution in [3.63, 3.8) is 0 Å². The molecule has 0 saturated heterocycles. The molecule has 1 unspecified atom stereocenters. The van der Waals surface area contributed by atoms with Gasteiger partial charge in [0.15, 0.2) is 0 Å². The van der Waals surface area contributed by atoms with Gasteiger partial charge in [-0.05, 0) is 42.9 Å². The van der Waals surface area contributed by atoms with E-state index in [1.54, 1.807) is 6.20 Å². The molecule has 1 aliphatic rings. The van der Waals surface area contributed by atoms with Crippen molar-refractivity contribution in [2.75, 3.05) is 11.9 Å². The van der Waals surface area contributed by atoms with E-state index >= 15 is 0 Å². The topological polar surface area (TPSA) is 45.2 Å². The van der Waals surface area contributed by atoms with E-state index in [1.165, 1.54) is 32.1 Å². The smallest absolute Gasteiger partial charge is 0.126 e. The Morgan fingerprint density at radius 3 is 2.89 bits per heavy atom. The molecule has 1 aromatic heterocycles. The summed E-state index contributed by atoms with van der Waals surface area (Å²) < 4.78 is 0. The number of aliphatic hydroxyl groups excluding tert-OH is 1. The zero-order chi connectivity index (χ0) is 13.5. The summed E-state index contributed by atoms with van der Waals surface area (Å²) in [6, 6.07) is 3.90. The van der Waals surface area contributed by atoms with Crippen LogP contribution in [0.15, 0.2) is 18.3 Å². The Labute approximate surface area is 116 Å². The first-order valence-electron chi connectivity index (χ1n) is 7.67. The molecule has 1 fully saturated rings. The third-order valence-electron chi connectivity index (χ3n) is 4.03. The average Bonchev–Trinajstić information content (AvgIpc) is 2.47. The lowest BCUT2D eigenvalue weighted by molar-refractivity contribution is 0.166. The molecule has 1 atom stereocenters. The molecule has 3 heteroatoms. The number of anilines is 1. The Morgan fingerprint density at radius 1 is 1.37 bits per heavy atom. The van der Waals surface area contributed by atoms with Gasteiger partial charge in [0.1, 0.15) is 5.82 Å². The molecule has 19 heavy (non-hydrogen) atoms. The number of rotatable bonds is 6. The standard InChI is InChI=1S/C16H26N2O/c1-2-6-15(19)14-9-10-17-16(11-14)18-12-13-7-4-3-5-8-13/h9-11,13,15,19H,2-8,12H2,1H3,(H,17,18). The summed E-state index contributed by atoms with van der Waals surface area (Å²) in [5.41, 5.74) is 0.975. The predicted molar refractivity (Wildman–Crippen MR) is 79.2 cm³/mol. The third kappa shape index (κ3) is 4.50. The summed E-state index contributed by atoms with van der Waals surface area (Å²) in [6.07, 6.45) is 10.1. The maximum absolute atomic E-state index is 10.0. The second-order valence-corrected chi connectivity index (χ2v) is 5.66. The molecule has 1 aromatic rings. The Balaban J connectivity index is 1.87. The van der Waals surface area contributed by atoms with Crippen LogP contribution in [0.5, 0.6) is 0 Å². The Bertz CT molecular complexity index is 375. The van der Waals surface area contributed by atoms with Crippen molar-refractivity contribution in [1.82, 2.24) is 4.98 Å². The highest BCUT2D eigenvalue weighted by molar-refractivity contribution is 5.38. The second kappa shape index (κ2) is 7.49. The largest absolute Gasteiger partial charge is 0.388 e. The van der Waals surface area contributed by atoms with Crippen LogP contribution >= 0.6 is 0 Å². The molecule has 2 N–H and O–H groups in total. The predicted octanol–water partition coefficient (Wildman–Crippen LogP) is 3.91. The van der Waals surface area contributed by atoms with Crippen LogP contribution in [-0.2, 0) is 0 Å². The van der Waals surface area contributed by atoms with Crippen LogP contribution in [0.2, 0.25) is 0 Å². The molecule has 0 bridgehead atoms. The zero-order valence-electron chi connectivity index (χ0n) is 11.9. The van der Waals surface area contributed by atoms with E-state index in [2.05, 4.69) is 17.2 Å². The molecule has 1 aliphatic carbocycles. The van der Waals surface area contributed by atoms with E-state index in [0.29, 0.717) is 0 Å². The van der Waals surface area contributed by atoms with Gasteiger partial charge in [-0.25, -0.2) is 4.98 Å². The fourth-order valence-electron chi connectivity index (χ4n) is 2.83. The molecular weight excluding hydrogens is 236 g/mol. The minimum absolute atomic E-state index is 0.358. The van der Waals surface area contributed by atoms with Crippen molar-refractivity contribution < 1.29 is 5.11 Å². The second-order valence-electron chi connectivity index (χ2n) is 5.66. The first-order chi connectivity index (χ1) is 9.29. The molecular formula is C16H26N2O. The summed E-state index contributed by atoms with van der Waals surface area (Å²) in [7, 11) is 0. The van der Waals surface area contributed by atoms with Gasteiger partial charge < -0.3 is 10.4 Å². The van der Waals surface area contributed by atoms with Gasteiger partial charge in [0, 0.05) is 12.7 Å². The van der Waals surface area contributed by atoms with Gasteiger partial charge >= 0.3 is 0 Å². The van der Waals surface area contributed by atoms with Gasteiger partial charge in [-0.15, -0.1) is 0 Å². The van der Waals surface area contributed by atoms with Crippen molar-refractivity contribution in [2.45, 2.75) is 58.0 Å². The van der Waals surface area contributed by atoms with E-state index in [4.69, 9.17) is 0 Å². The van der Waals surface area contributed by atoms with Crippen molar-refractivity contribution in [3.8, 4) is 0 Å². The van der Waals surface area contributed by atoms with Crippen molar-refractivity contribution in [2.24, 2.45) is 5.92 Å². The van der Waals surface area contributed by atoms with E-state index < -0.39 is 0 Å². The van der Waals surface area contributed by atoms with Crippen LogP contribution in [-0.4, -0.2) is 16.6 Å². The van der Waals surface area contributed by atoms with Crippen LogP contribution in [0, 0.1) is 5.92 Å². The van der Waals surface area contributed by atoms with Gasteiger partial charge in [0.25, 0.3) is 0 Å². The number of pyridine rings is 1. The summed E-state index contributed by atoms with van der Waals surface area (Å²) in [5, 5.41) is 13.4. The molecule has 106 valence electrons. The molecule has 0 aliphatic heterocycles. The van der Waals surface area contributed by atoms with Crippen LogP contribution < -0.4 is 5.32 Å². The lowest BCUT2D eigenvalue weighted by Crippen LogP contribution is -2.17. The highest BCUT2D eigenvalue weighted by Gasteiger charge is 2.13. The molecule has 1 saturated carbocycles. The molecule has 0 radical (unpaired) electrons. The number of aromatic nitrogens is 1. The monoisotopic (exact) mass is 262 g/mol. The zero-order valence-corrected chi connectivity index (χ0v) is 11.9. The number of hydrogen-bond donors (Lipinski definition) is 2. The summed E-state index contributed by atoms with van der Waals surface area (Å²) in [6.45, 7) is 3.10. The Hall–Kier alpha value is -1.09. The first-order valence-corrected chi connectivity index (χ1v) is 7.67. The highest BCUT2D eigenvalue weighted by Crippen LogP contribution is 2.24. The Morgan fingerprint density at radius 2 is 2.16 bits per heavy atom. The summed E-state index contributed by atoms with van der Waals surface area (Å²) in [4.78, 5) is 4.34. The number of hydrogen-bond acceptors (Lipinski definition) is 3. The summed E-state index contributed by atoms with van der Waals surface area (Å²) in [5.74, 6) is 1.69. The number of nitrogens with zero attached hydrogens (tertiary/aromatic N) is 1. The fraction of sp³-hybridized carbons (Fsp3) is 0.688. The number of aliphatic hydroxyl groups is 1. The van der Waals surface area contributed by atoms with Gasteiger partial charge in [-0.2, -0.15) is 0 Å². The van der Waals surface area contributed by atoms with Gasteiger partial charge in [0.2, 0.25) is 0 Å². The quantitative estimate of drug-likeness (QED) is 0.817. The van der Waals surface area contributed by atoms with Crippen LogP contribution in [0.3, 0.4) is 0 Å². The molecule has 0 spiro atoms. The lowest BCUT2D eigenvalue weighted by Gasteiger charge is -2.22. The Kier molecular flexibility index (Phi) is 5.64. The first kappa shape index (κ1) is 14.3. The molecule has 1 heterocycles. The molecule has 0 amide bonds. The molecule has 2 rings (SSSR count). The summed E-state index contributed by atoms with van der Waals surface area (Å²) >= 11 is 0. The van der Waals surface area contributed by atoms with Crippen LogP contribution in [0.4, 0.5) is 5.82 Å². The minimum atomic E-state index is -0.358. The van der Waals surface area contributed by atoms with Crippen LogP contribution in [0.1, 0.15) is 63.5 Å². The van der Waals surface area contributed by atoms with Crippen molar-refractivity contribution in [1.29, 1.82) is 0 Å². The van der Waals surface area contributed by atoms with E-state index in [1.807, 2.05) is 12.1 Å². The maximum Gasteiger partial charge on any atom is 0.126 e. The fourth-order valence-corrected chi connectivity index (χ4v) is 2.83. The highest BCUT2D eigenvalue weighted by atomic mass is 16.3. The van der Waals surface area contributed by atoms with Crippen molar-refractivity contribution in [3.05, 3.63) is 23.9 Å². The average molecular weight is 262 g/mol. The maximum atomic E-state index is 10.0. The molecule has 0 aromatic carbocycles. The minimum Gasteiger partial charge on any atom is -0.388 e. The SMILES string of the molecule is CCCC(O)c1ccnc(NCC2CCCCC2)c1. The van der Waals surface area contributed by atoms with Crippen molar-refractivity contribution >= 4 is 5.82 Å². The van der Waals surface area contributed by atoms with Gasteiger partial charge in [-0.3, -0.25) is 0 Å². The normalized spacial score (nSPS) is 18.2. The number of nitrogens with one attached hydrogen (secondary N) is 1. The lowest BCUT2D eigenvalue weighted by atomic mass is 9.89. The van der Waals surface area contributed by atoms with Gasteiger partial charge in [0.05, 0.1) is 6.10 Å². The van der Waals surface area contributed by atoms with Crippen LogP contribution in [0.25, 0.3) is 0 Å². The van der Waals surface area contributed by atoms with E-state index in [9.17, 15) is 5.11 Å². The third-order valence-corrected chi connectivity index (χ3v) is 4.03.